The van der Waals surface area contributed by atoms with Crippen LogP contribution in [0.3, 0.4) is 0 Å². The van der Waals surface area contributed by atoms with Crippen molar-refractivity contribution in [3.05, 3.63) is 41.5 Å². The first kappa shape index (κ1) is 22.9. The van der Waals surface area contributed by atoms with Gasteiger partial charge < -0.3 is 20.1 Å². The van der Waals surface area contributed by atoms with Crippen LogP contribution in [0.5, 0.6) is 5.75 Å². The Balaban J connectivity index is 1.98. The Labute approximate surface area is 182 Å². The maximum absolute atomic E-state index is 12.5. The van der Waals surface area contributed by atoms with Crippen molar-refractivity contribution in [1.82, 2.24) is 5.32 Å². The van der Waals surface area contributed by atoms with Crippen LogP contribution in [0, 0.1) is 11.3 Å². The van der Waals surface area contributed by atoms with Gasteiger partial charge in [0.2, 0.25) is 0 Å². The third-order valence-corrected chi connectivity index (χ3v) is 4.31. The fraction of sp³-hybridized carbons (Fsp3) is 0.318. The molecule has 10 heteroatoms. The number of nitrogens with zero attached hydrogens (tertiary/aromatic N) is 2. The summed E-state index contributed by atoms with van der Waals surface area (Å²) >= 11 is 0. The second-order valence-corrected chi connectivity index (χ2v) is 7.91. The molecule has 2 aromatic carbocycles. The summed E-state index contributed by atoms with van der Waals surface area (Å²) in [7, 11) is 0. The van der Waals surface area contributed by atoms with Crippen LogP contribution in [0.2, 0.25) is 0 Å². The van der Waals surface area contributed by atoms with E-state index in [4.69, 9.17) is 4.74 Å². The van der Waals surface area contributed by atoms with Crippen molar-refractivity contribution in [2.45, 2.75) is 39.3 Å². The van der Waals surface area contributed by atoms with Gasteiger partial charge in [0.25, 0.3) is 0 Å². The van der Waals surface area contributed by atoms with Gasteiger partial charge in [0, 0.05) is 18.3 Å². The average molecular weight is 446 g/mol. The summed E-state index contributed by atoms with van der Waals surface area (Å²) in [5.74, 6) is -0.346. The lowest BCUT2D eigenvalue weighted by molar-refractivity contribution is -0.274. The molecule has 0 aliphatic carbocycles. The van der Waals surface area contributed by atoms with Crippen LogP contribution in [0.15, 0.2) is 35.3 Å². The molecule has 0 spiro atoms. The molecule has 0 saturated heterocycles. The maximum Gasteiger partial charge on any atom is 0.573 e. The first-order valence-electron chi connectivity index (χ1n) is 9.66. The first-order chi connectivity index (χ1) is 15.0. The van der Waals surface area contributed by atoms with Crippen molar-refractivity contribution in [3.8, 4) is 22.9 Å². The van der Waals surface area contributed by atoms with E-state index in [-0.39, 0.29) is 17.9 Å². The number of fused-ring (bicyclic) bond motifs is 1. The molecule has 1 heterocycles. The number of carbonyl (C=O) groups is 1. The van der Waals surface area contributed by atoms with Gasteiger partial charge in [-0.15, -0.1) is 13.2 Å². The van der Waals surface area contributed by atoms with Crippen molar-refractivity contribution in [3.63, 3.8) is 0 Å². The summed E-state index contributed by atoms with van der Waals surface area (Å²) in [6.07, 6.45) is -3.82. The van der Waals surface area contributed by atoms with Gasteiger partial charge >= 0.3 is 12.5 Å². The van der Waals surface area contributed by atoms with Crippen LogP contribution >= 0.6 is 0 Å². The van der Waals surface area contributed by atoms with Crippen LogP contribution < -0.4 is 15.4 Å². The molecule has 168 valence electrons. The third kappa shape index (κ3) is 5.69. The Morgan fingerprint density at radius 1 is 1.25 bits per heavy atom. The number of nitriles is 1. The molecule has 7 nitrogen and oxygen atoms in total. The molecule has 2 N–H and O–H groups in total. The number of hydrogen-bond donors (Lipinski definition) is 2. The Kier molecular flexibility index (Phi) is 6.30. The highest BCUT2D eigenvalue weighted by atomic mass is 19.4. The Hall–Kier alpha value is -3.74. The predicted octanol–water partition coefficient (Wildman–Crippen LogP) is 5.28. The van der Waals surface area contributed by atoms with Gasteiger partial charge in [0.1, 0.15) is 23.1 Å². The molecule has 1 aliphatic heterocycles. The van der Waals surface area contributed by atoms with E-state index >= 15 is 0 Å². The van der Waals surface area contributed by atoms with E-state index in [1.54, 1.807) is 33.1 Å². The lowest BCUT2D eigenvalue weighted by Crippen LogP contribution is -2.32. The monoisotopic (exact) mass is 446 g/mol. The van der Waals surface area contributed by atoms with Gasteiger partial charge in [-0.2, -0.15) is 5.26 Å². The summed E-state index contributed by atoms with van der Waals surface area (Å²) < 4.78 is 46.5. The van der Waals surface area contributed by atoms with Crippen molar-refractivity contribution >= 4 is 23.7 Å². The normalized spacial score (nSPS) is 12.9. The van der Waals surface area contributed by atoms with Gasteiger partial charge in [-0.3, -0.25) is 4.99 Å². The molecule has 32 heavy (non-hydrogen) atoms. The number of rotatable bonds is 4. The molecular weight excluding hydrogens is 425 g/mol. The molecule has 1 aliphatic rings. The number of hydrogen-bond acceptors (Lipinski definition) is 6. The number of halogens is 3. The first-order valence-corrected chi connectivity index (χ1v) is 9.66. The number of benzene rings is 2. The van der Waals surface area contributed by atoms with Crippen LogP contribution in [-0.2, 0) is 11.3 Å². The number of ether oxygens (including phenoxy) is 2. The fourth-order valence-corrected chi connectivity index (χ4v) is 3.13. The minimum atomic E-state index is -4.79. The van der Waals surface area contributed by atoms with E-state index in [9.17, 15) is 23.2 Å². The zero-order valence-corrected chi connectivity index (χ0v) is 17.6. The second-order valence-electron chi connectivity index (χ2n) is 7.91. The minimum absolute atomic E-state index is 0.00285. The Morgan fingerprint density at radius 3 is 2.53 bits per heavy atom. The van der Waals surface area contributed by atoms with Gasteiger partial charge in [0.05, 0.1) is 17.8 Å². The van der Waals surface area contributed by atoms with E-state index in [1.165, 1.54) is 24.3 Å². The molecule has 3 rings (SSSR count). The number of alkyl carbamates (subject to hydrolysis) is 1. The summed E-state index contributed by atoms with van der Waals surface area (Å²) in [4.78, 5) is 16.4. The molecule has 2 aromatic rings. The average Bonchev–Trinajstić information content (AvgIpc) is 2.69. The van der Waals surface area contributed by atoms with Gasteiger partial charge in [0.15, 0.2) is 0 Å². The molecule has 0 unspecified atom stereocenters. The topological polar surface area (TPSA) is 95.7 Å². The molecule has 0 bridgehead atoms. The van der Waals surface area contributed by atoms with Crippen LogP contribution in [0.1, 0.15) is 31.9 Å². The molecular formula is C22H21F3N4O3. The maximum atomic E-state index is 12.5. The standard InChI is InChI=1S/C22H21F3N4O3/c1-21(2,3)32-20(30)29-12-14-10-16(18-19(17(14)11-26)28-9-8-27-18)13-4-6-15(7-5-13)31-22(23,24)25/h4-7,9-10,27H,8,12H2,1-3H3,(H,29,30). The molecule has 1 amide bonds. The van der Waals surface area contributed by atoms with Gasteiger partial charge in [-0.25, -0.2) is 4.79 Å². The quantitative estimate of drug-likeness (QED) is 0.667. The number of alkyl halides is 3. The number of carbonyl (C=O) groups excluding carboxylic acids is 1. The third-order valence-electron chi connectivity index (χ3n) is 4.31. The molecule has 0 saturated carbocycles. The Bertz CT molecular complexity index is 1080. The molecule has 0 radical (unpaired) electrons. The lowest BCUT2D eigenvalue weighted by atomic mass is 9.94. The van der Waals surface area contributed by atoms with Crippen molar-refractivity contribution in [2.24, 2.45) is 4.99 Å². The smallest absolute Gasteiger partial charge is 0.444 e. The molecule has 0 aromatic heterocycles. The van der Waals surface area contributed by atoms with E-state index in [1.807, 2.05) is 0 Å². The highest BCUT2D eigenvalue weighted by Gasteiger charge is 2.31. The zero-order valence-electron chi connectivity index (χ0n) is 17.6. The van der Waals surface area contributed by atoms with Crippen LogP contribution in [0.25, 0.3) is 11.1 Å². The fourth-order valence-electron chi connectivity index (χ4n) is 3.13. The van der Waals surface area contributed by atoms with Crippen molar-refractivity contribution in [2.75, 3.05) is 11.9 Å². The summed E-state index contributed by atoms with van der Waals surface area (Å²) in [5, 5.41) is 15.5. The predicted molar refractivity (Wildman–Crippen MR) is 113 cm³/mol. The van der Waals surface area contributed by atoms with E-state index in [2.05, 4.69) is 26.4 Å². The summed E-state index contributed by atoms with van der Waals surface area (Å²) in [5.41, 5.74) is 2.27. The number of nitrogens with one attached hydrogen (secondary N) is 2. The molecule has 0 fully saturated rings. The second kappa shape index (κ2) is 8.78. The van der Waals surface area contributed by atoms with Crippen LogP contribution in [0.4, 0.5) is 29.3 Å². The van der Waals surface area contributed by atoms with Gasteiger partial charge in [-0.05, 0) is 50.1 Å². The van der Waals surface area contributed by atoms with E-state index in [0.29, 0.717) is 34.6 Å². The van der Waals surface area contributed by atoms with Crippen LogP contribution in [-0.4, -0.2) is 30.8 Å². The number of anilines is 1. The highest BCUT2D eigenvalue weighted by molar-refractivity contribution is 5.94. The van der Waals surface area contributed by atoms with E-state index in [0.717, 1.165) is 0 Å². The number of amides is 1. The van der Waals surface area contributed by atoms with E-state index < -0.39 is 18.1 Å². The van der Waals surface area contributed by atoms with Crippen molar-refractivity contribution in [1.29, 1.82) is 5.26 Å². The highest BCUT2D eigenvalue weighted by Crippen LogP contribution is 2.42. The summed E-state index contributed by atoms with van der Waals surface area (Å²) in [6, 6.07) is 9.19. The largest absolute Gasteiger partial charge is 0.573 e. The SMILES string of the molecule is CC(C)(C)OC(=O)NCc1cc(-c2ccc(OC(F)(F)F)cc2)c2c(c1C#N)N=CCN2. The minimum Gasteiger partial charge on any atom is -0.444 e. The molecule has 0 atom stereocenters. The Morgan fingerprint density at radius 2 is 1.94 bits per heavy atom. The number of aliphatic imine (C=N–C) groups is 1. The lowest BCUT2D eigenvalue weighted by Gasteiger charge is -2.22. The van der Waals surface area contributed by atoms with Crippen molar-refractivity contribution < 1.29 is 27.4 Å². The summed E-state index contributed by atoms with van der Waals surface area (Å²) in [6.45, 7) is 5.63. The zero-order chi connectivity index (χ0) is 23.5. The van der Waals surface area contributed by atoms with Gasteiger partial charge in [-0.1, -0.05) is 12.1 Å².